The second-order valence-electron chi connectivity index (χ2n) is 7.16. The third kappa shape index (κ3) is 2.95. The number of rotatable bonds is 4. The minimum absolute atomic E-state index is 0.213. The van der Waals surface area contributed by atoms with E-state index in [-0.39, 0.29) is 12.2 Å². The van der Waals surface area contributed by atoms with Crippen molar-refractivity contribution in [2.45, 2.75) is 37.6 Å². The fourth-order valence-electron chi connectivity index (χ4n) is 3.98. The largest absolute Gasteiger partial charge is 0.353 e. The van der Waals surface area contributed by atoms with Gasteiger partial charge < -0.3 is 19.0 Å². The van der Waals surface area contributed by atoms with Crippen LogP contribution in [0.1, 0.15) is 36.8 Å². The van der Waals surface area contributed by atoms with Crippen molar-refractivity contribution < 1.29 is 23.8 Å². The van der Waals surface area contributed by atoms with E-state index in [1.807, 2.05) is 30.3 Å². The molecule has 2 unspecified atom stereocenters. The number of methoxy groups -OCH3 is 1. The van der Waals surface area contributed by atoms with Gasteiger partial charge in [0, 0.05) is 24.7 Å². The first-order valence-electron chi connectivity index (χ1n) is 9.47. The van der Waals surface area contributed by atoms with Gasteiger partial charge in [-0.25, -0.2) is 4.98 Å². The van der Waals surface area contributed by atoms with Crippen molar-refractivity contribution in [3.63, 3.8) is 0 Å². The van der Waals surface area contributed by atoms with Crippen molar-refractivity contribution >= 4 is 31.5 Å². The van der Waals surface area contributed by atoms with Crippen LogP contribution in [0.15, 0.2) is 35.5 Å². The molecule has 1 spiro atoms. The second-order valence-corrected chi connectivity index (χ2v) is 7.97. The predicted octanol–water partition coefficient (Wildman–Crippen LogP) is 3.96. The lowest BCUT2D eigenvalue weighted by Crippen LogP contribution is -2.40. The fourth-order valence-corrected chi connectivity index (χ4v) is 4.48. The highest BCUT2D eigenvalue weighted by molar-refractivity contribution is 9.18. The lowest BCUT2D eigenvalue weighted by Gasteiger charge is -2.30. The van der Waals surface area contributed by atoms with Gasteiger partial charge in [-0.2, -0.15) is 0 Å². The molecule has 0 N–H and O–H groups in total. The Bertz CT molecular complexity index is 917. The molecule has 0 aliphatic carbocycles. The third-order valence-electron chi connectivity index (χ3n) is 5.44. The van der Waals surface area contributed by atoms with E-state index in [1.54, 1.807) is 7.11 Å². The van der Waals surface area contributed by atoms with E-state index in [4.69, 9.17) is 28.8 Å². The molecule has 3 aliphatic rings. The summed E-state index contributed by atoms with van der Waals surface area (Å²) in [6.45, 7) is 1.06. The van der Waals surface area contributed by atoms with Gasteiger partial charge >= 0.3 is 0 Å². The summed E-state index contributed by atoms with van der Waals surface area (Å²) >= 11 is 3.51. The monoisotopic (exact) mass is 448 g/mol. The molecule has 2 aromatic rings. The number of pyridine rings is 1. The number of fused-ring (bicyclic) bond motifs is 3. The summed E-state index contributed by atoms with van der Waals surface area (Å²) in [5.74, 6) is -1.50. The zero-order chi connectivity index (χ0) is 19.1. The molecule has 4 heterocycles. The standard InChI is InChI=1S/C20H21BrN2O5/c1-24-19-13-10-12-6-2-3-7-15(12)22-17(13)20(27-19)14(18(21)23-28-20)11-26-16-8-4-5-9-25-16/h2-3,6-7,10,14,16,19H,4-5,8-9,11H2,1H3/t14?,16?,19-,20+/m0/s1. The number of ether oxygens (including phenoxy) is 4. The molecule has 4 atom stereocenters. The molecule has 0 bridgehead atoms. The first-order valence-corrected chi connectivity index (χ1v) is 10.3. The maximum Gasteiger partial charge on any atom is 0.294 e. The minimum atomic E-state index is -1.19. The molecular formula is C20H21BrN2O5. The minimum Gasteiger partial charge on any atom is -0.353 e. The molecule has 148 valence electrons. The summed E-state index contributed by atoms with van der Waals surface area (Å²) in [7, 11) is 1.61. The molecular weight excluding hydrogens is 428 g/mol. The van der Waals surface area contributed by atoms with Crippen LogP contribution in [0.25, 0.3) is 10.9 Å². The Hall–Kier alpha value is -1.58. The lowest BCUT2D eigenvalue weighted by molar-refractivity contribution is -0.311. The average molecular weight is 449 g/mol. The molecule has 1 fully saturated rings. The molecule has 5 rings (SSSR count). The van der Waals surface area contributed by atoms with Gasteiger partial charge in [0.15, 0.2) is 12.6 Å². The Kier molecular flexibility index (Phi) is 4.84. The summed E-state index contributed by atoms with van der Waals surface area (Å²) in [6, 6.07) is 9.97. The summed E-state index contributed by atoms with van der Waals surface area (Å²) in [5.41, 5.74) is 2.38. The van der Waals surface area contributed by atoms with Crippen LogP contribution in [0.3, 0.4) is 0 Å². The van der Waals surface area contributed by atoms with Crippen molar-refractivity contribution in [3.8, 4) is 0 Å². The average Bonchev–Trinajstić information content (AvgIpc) is 3.22. The molecule has 0 saturated carbocycles. The van der Waals surface area contributed by atoms with E-state index in [1.165, 1.54) is 0 Å². The van der Waals surface area contributed by atoms with Crippen LogP contribution in [0.5, 0.6) is 0 Å². The van der Waals surface area contributed by atoms with Crippen LogP contribution in [0, 0.1) is 5.92 Å². The van der Waals surface area contributed by atoms with Crippen LogP contribution in [-0.4, -0.2) is 36.2 Å². The van der Waals surface area contributed by atoms with Crippen molar-refractivity contribution in [3.05, 3.63) is 41.6 Å². The Balaban J connectivity index is 1.50. The highest BCUT2D eigenvalue weighted by Crippen LogP contribution is 2.52. The Morgan fingerprint density at radius 3 is 3.00 bits per heavy atom. The van der Waals surface area contributed by atoms with Crippen molar-refractivity contribution in [1.29, 1.82) is 0 Å². The highest BCUT2D eigenvalue weighted by Gasteiger charge is 2.60. The van der Waals surface area contributed by atoms with Crippen LogP contribution >= 0.6 is 15.9 Å². The van der Waals surface area contributed by atoms with Gasteiger partial charge in [0.2, 0.25) is 0 Å². The maximum atomic E-state index is 6.25. The van der Waals surface area contributed by atoms with Gasteiger partial charge in [0.1, 0.15) is 16.2 Å². The lowest BCUT2D eigenvalue weighted by atomic mass is 9.95. The van der Waals surface area contributed by atoms with E-state index in [0.717, 1.165) is 42.3 Å². The topological polar surface area (TPSA) is 71.4 Å². The summed E-state index contributed by atoms with van der Waals surface area (Å²) < 4.78 is 24.2. The van der Waals surface area contributed by atoms with E-state index in [0.29, 0.717) is 16.9 Å². The smallest absolute Gasteiger partial charge is 0.294 e. The molecule has 7 nitrogen and oxygen atoms in total. The zero-order valence-corrected chi connectivity index (χ0v) is 17.1. The summed E-state index contributed by atoms with van der Waals surface area (Å²) in [6.07, 6.45) is 2.26. The summed E-state index contributed by atoms with van der Waals surface area (Å²) in [5, 5.41) is 5.18. The molecule has 8 heteroatoms. The van der Waals surface area contributed by atoms with E-state index in [2.05, 4.69) is 21.1 Å². The van der Waals surface area contributed by atoms with Gasteiger partial charge in [-0.05, 0) is 47.3 Å². The quantitative estimate of drug-likeness (QED) is 0.704. The number of para-hydroxylation sites is 1. The number of benzene rings is 1. The predicted molar refractivity (Wildman–Crippen MR) is 105 cm³/mol. The number of aromatic nitrogens is 1. The van der Waals surface area contributed by atoms with E-state index < -0.39 is 12.1 Å². The second kappa shape index (κ2) is 7.35. The molecule has 28 heavy (non-hydrogen) atoms. The van der Waals surface area contributed by atoms with Crippen molar-refractivity contribution in [1.82, 2.24) is 4.98 Å². The highest BCUT2D eigenvalue weighted by atomic mass is 79.9. The van der Waals surface area contributed by atoms with Crippen molar-refractivity contribution in [2.75, 3.05) is 20.3 Å². The summed E-state index contributed by atoms with van der Waals surface area (Å²) in [4.78, 5) is 10.7. The number of hydrogen-bond donors (Lipinski definition) is 0. The molecule has 0 amide bonds. The number of oxime groups is 1. The number of halogens is 1. The Morgan fingerprint density at radius 2 is 2.18 bits per heavy atom. The normalized spacial score (nSPS) is 31.8. The molecule has 1 aromatic carbocycles. The first-order chi connectivity index (χ1) is 13.7. The van der Waals surface area contributed by atoms with Crippen LogP contribution < -0.4 is 0 Å². The van der Waals surface area contributed by atoms with Crippen LogP contribution in [-0.2, 0) is 29.6 Å². The molecule has 1 aromatic heterocycles. The van der Waals surface area contributed by atoms with Gasteiger partial charge in [-0.15, -0.1) is 0 Å². The van der Waals surface area contributed by atoms with Crippen LogP contribution in [0.2, 0.25) is 0 Å². The molecule has 0 radical (unpaired) electrons. The molecule has 1 saturated heterocycles. The fraction of sp³-hybridized carbons (Fsp3) is 0.500. The van der Waals surface area contributed by atoms with E-state index in [9.17, 15) is 0 Å². The third-order valence-corrected chi connectivity index (χ3v) is 6.13. The zero-order valence-electron chi connectivity index (χ0n) is 15.5. The number of hydrogen-bond acceptors (Lipinski definition) is 7. The van der Waals surface area contributed by atoms with Gasteiger partial charge in [-0.1, -0.05) is 23.4 Å². The first kappa shape index (κ1) is 18.4. The number of nitrogens with zero attached hydrogens (tertiary/aromatic N) is 2. The van der Waals surface area contributed by atoms with Gasteiger partial charge in [0.05, 0.1) is 12.1 Å². The van der Waals surface area contributed by atoms with E-state index >= 15 is 0 Å². The molecule has 3 aliphatic heterocycles. The van der Waals surface area contributed by atoms with Gasteiger partial charge in [0.25, 0.3) is 5.79 Å². The van der Waals surface area contributed by atoms with Crippen molar-refractivity contribution in [2.24, 2.45) is 11.1 Å². The maximum absolute atomic E-state index is 6.25. The Labute approximate surface area is 171 Å². The SMILES string of the molecule is CO[C@H]1O[C@]2(ON=C(Br)C2COC2CCCCO2)c2nc3ccccc3cc21. The van der Waals surface area contributed by atoms with Crippen LogP contribution in [0.4, 0.5) is 0 Å². The van der Waals surface area contributed by atoms with Gasteiger partial charge in [-0.3, -0.25) is 4.74 Å². The Morgan fingerprint density at radius 1 is 1.29 bits per heavy atom.